The van der Waals surface area contributed by atoms with E-state index < -0.39 is 0 Å². The first-order valence-electron chi connectivity index (χ1n) is 8.99. The third kappa shape index (κ3) is 6.24. The van der Waals surface area contributed by atoms with Crippen molar-refractivity contribution in [3.8, 4) is 0 Å². The monoisotopic (exact) mass is 341 g/mol. The molecule has 1 N–H and O–H groups in total. The molecule has 1 aliphatic heterocycles. The topological polar surface area (TPSA) is 53.9 Å². The molecule has 1 aliphatic carbocycles. The van der Waals surface area contributed by atoms with Gasteiger partial charge in [-0.25, -0.2) is 0 Å². The van der Waals surface area contributed by atoms with Gasteiger partial charge in [-0.2, -0.15) is 11.8 Å². The van der Waals surface area contributed by atoms with Gasteiger partial charge in [0.15, 0.2) is 5.96 Å². The zero-order chi connectivity index (χ0) is 16.5. The second-order valence-corrected chi connectivity index (χ2v) is 7.73. The summed E-state index contributed by atoms with van der Waals surface area (Å²) in [7, 11) is 1.83. The highest BCUT2D eigenvalue weighted by molar-refractivity contribution is 8.00. The highest BCUT2D eigenvalue weighted by atomic mass is 32.2. The van der Waals surface area contributed by atoms with E-state index in [9.17, 15) is 4.79 Å². The fraction of sp³-hybridized carbons (Fsp3) is 0.882. The van der Waals surface area contributed by atoms with E-state index in [0.717, 1.165) is 50.6 Å². The van der Waals surface area contributed by atoms with Crippen molar-refractivity contribution in [1.82, 2.24) is 10.2 Å². The molecule has 0 aromatic carbocycles. The first-order valence-corrected chi connectivity index (χ1v) is 10.0. The van der Waals surface area contributed by atoms with Gasteiger partial charge < -0.3 is 15.0 Å². The number of aliphatic imine (C=N–C) groups is 1. The van der Waals surface area contributed by atoms with Crippen LogP contribution in [-0.2, 0) is 9.53 Å². The van der Waals surface area contributed by atoms with Crippen LogP contribution in [0.3, 0.4) is 0 Å². The predicted molar refractivity (Wildman–Crippen MR) is 97.1 cm³/mol. The van der Waals surface area contributed by atoms with Crippen LogP contribution in [-0.4, -0.2) is 60.6 Å². The fourth-order valence-electron chi connectivity index (χ4n) is 3.17. The Morgan fingerprint density at radius 2 is 2.17 bits per heavy atom. The molecular formula is C17H31N3O2S. The zero-order valence-corrected chi connectivity index (χ0v) is 15.4. The molecule has 0 aromatic rings. The molecule has 23 heavy (non-hydrogen) atoms. The molecule has 2 aliphatic rings. The first kappa shape index (κ1) is 18.4. The van der Waals surface area contributed by atoms with Crippen LogP contribution < -0.4 is 5.32 Å². The number of esters is 1. The van der Waals surface area contributed by atoms with Gasteiger partial charge in [0.2, 0.25) is 0 Å². The molecular weight excluding hydrogens is 310 g/mol. The molecule has 1 saturated heterocycles. The van der Waals surface area contributed by atoms with Crippen molar-refractivity contribution in [3.63, 3.8) is 0 Å². The summed E-state index contributed by atoms with van der Waals surface area (Å²) in [6.45, 7) is 5.12. The molecule has 1 heterocycles. The van der Waals surface area contributed by atoms with Crippen molar-refractivity contribution in [3.05, 3.63) is 0 Å². The van der Waals surface area contributed by atoms with E-state index in [-0.39, 0.29) is 12.1 Å². The van der Waals surface area contributed by atoms with Crippen LogP contribution in [0.2, 0.25) is 0 Å². The van der Waals surface area contributed by atoms with Crippen molar-refractivity contribution in [2.45, 2.75) is 63.2 Å². The summed E-state index contributed by atoms with van der Waals surface area (Å²) in [5, 5.41) is 4.09. The van der Waals surface area contributed by atoms with E-state index in [1.54, 1.807) is 0 Å². The van der Waals surface area contributed by atoms with Crippen molar-refractivity contribution in [2.24, 2.45) is 4.99 Å². The van der Waals surface area contributed by atoms with Gasteiger partial charge in [0.05, 0.1) is 0 Å². The molecule has 5 nitrogen and oxygen atoms in total. The van der Waals surface area contributed by atoms with E-state index in [1.165, 1.54) is 19.3 Å². The second-order valence-electron chi connectivity index (χ2n) is 6.32. The molecule has 2 fully saturated rings. The van der Waals surface area contributed by atoms with Gasteiger partial charge in [0, 0.05) is 44.1 Å². The van der Waals surface area contributed by atoms with Crippen LogP contribution in [0, 0.1) is 0 Å². The Kier molecular flexibility index (Phi) is 8.06. The number of thioether (sulfide) groups is 1. The molecule has 0 bridgehead atoms. The van der Waals surface area contributed by atoms with Gasteiger partial charge in [0.1, 0.15) is 6.10 Å². The van der Waals surface area contributed by atoms with Gasteiger partial charge in [0.25, 0.3) is 0 Å². The minimum atomic E-state index is -0.0471. The van der Waals surface area contributed by atoms with Gasteiger partial charge in [-0.05, 0) is 38.5 Å². The van der Waals surface area contributed by atoms with Gasteiger partial charge in [-0.15, -0.1) is 0 Å². The highest BCUT2D eigenvalue weighted by Crippen LogP contribution is 2.22. The number of carbonyl (C=O) groups is 1. The maximum Gasteiger partial charge on any atom is 0.306 e. The summed E-state index contributed by atoms with van der Waals surface area (Å²) in [4.78, 5) is 18.5. The molecule has 132 valence electrons. The van der Waals surface area contributed by atoms with Crippen LogP contribution in [0.4, 0.5) is 0 Å². The second kappa shape index (κ2) is 10.1. The van der Waals surface area contributed by atoms with Gasteiger partial charge in [-0.1, -0.05) is 6.92 Å². The predicted octanol–water partition coefficient (Wildman–Crippen LogP) is 2.66. The summed E-state index contributed by atoms with van der Waals surface area (Å²) in [6.07, 6.45) is 7.15. The molecule has 1 saturated carbocycles. The number of hydrogen-bond donors (Lipinski definition) is 1. The quantitative estimate of drug-likeness (QED) is 0.348. The molecule has 1 unspecified atom stereocenters. The number of nitrogens with one attached hydrogen (secondary N) is 1. The third-order valence-corrected chi connectivity index (χ3v) is 5.92. The van der Waals surface area contributed by atoms with Crippen LogP contribution >= 0.6 is 11.8 Å². The standard InChI is InChI=1S/C17H31N3O2S/c1-3-15-13-20(11-12-23-15)17(18-2)19-10-6-9-16(21)22-14-7-4-5-8-14/h14-15H,3-13H2,1-2H3,(H,18,19). The van der Waals surface area contributed by atoms with E-state index >= 15 is 0 Å². The average molecular weight is 342 g/mol. The molecule has 0 spiro atoms. The van der Waals surface area contributed by atoms with Gasteiger partial charge >= 0.3 is 5.97 Å². The Hall–Kier alpha value is -0.910. The van der Waals surface area contributed by atoms with Crippen molar-refractivity contribution in [1.29, 1.82) is 0 Å². The van der Waals surface area contributed by atoms with Crippen LogP contribution in [0.25, 0.3) is 0 Å². The third-order valence-electron chi connectivity index (χ3n) is 4.55. The zero-order valence-electron chi connectivity index (χ0n) is 14.6. The van der Waals surface area contributed by atoms with Crippen LogP contribution in [0.1, 0.15) is 51.9 Å². The molecule has 6 heteroatoms. The number of ether oxygens (including phenoxy) is 1. The Morgan fingerprint density at radius 3 is 2.87 bits per heavy atom. The summed E-state index contributed by atoms with van der Waals surface area (Å²) in [6, 6.07) is 0. The Morgan fingerprint density at radius 1 is 1.39 bits per heavy atom. The lowest BCUT2D eigenvalue weighted by molar-refractivity contribution is -0.148. The Labute approximate surface area is 144 Å². The van der Waals surface area contributed by atoms with Crippen LogP contribution in [0.5, 0.6) is 0 Å². The number of hydrogen-bond acceptors (Lipinski definition) is 4. The first-order chi connectivity index (χ1) is 11.2. The Bertz CT molecular complexity index is 397. The normalized spacial score (nSPS) is 23.1. The number of rotatable bonds is 6. The Balaban J connectivity index is 1.62. The summed E-state index contributed by atoms with van der Waals surface area (Å²) < 4.78 is 5.48. The highest BCUT2D eigenvalue weighted by Gasteiger charge is 2.21. The average Bonchev–Trinajstić information content (AvgIpc) is 3.08. The molecule has 0 amide bonds. The lowest BCUT2D eigenvalue weighted by Crippen LogP contribution is -2.48. The minimum Gasteiger partial charge on any atom is -0.462 e. The van der Waals surface area contributed by atoms with E-state index in [1.807, 2.05) is 7.05 Å². The lowest BCUT2D eigenvalue weighted by atomic mass is 10.3. The number of carbonyl (C=O) groups excluding carboxylic acids is 1. The summed E-state index contributed by atoms with van der Waals surface area (Å²) >= 11 is 2.06. The smallest absolute Gasteiger partial charge is 0.306 e. The number of nitrogens with zero attached hydrogens (tertiary/aromatic N) is 2. The van der Waals surface area contributed by atoms with E-state index in [0.29, 0.717) is 11.7 Å². The van der Waals surface area contributed by atoms with Gasteiger partial charge in [-0.3, -0.25) is 9.79 Å². The maximum absolute atomic E-state index is 11.8. The number of guanidine groups is 1. The lowest BCUT2D eigenvalue weighted by Gasteiger charge is -2.34. The van der Waals surface area contributed by atoms with E-state index in [4.69, 9.17) is 4.74 Å². The summed E-state index contributed by atoms with van der Waals surface area (Å²) in [5.74, 6) is 2.08. The summed E-state index contributed by atoms with van der Waals surface area (Å²) in [5.41, 5.74) is 0. The largest absolute Gasteiger partial charge is 0.462 e. The molecule has 1 atom stereocenters. The molecule has 0 radical (unpaired) electrons. The molecule has 0 aromatic heterocycles. The van der Waals surface area contributed by atoms with E-state index in [2.05, 4.69) is 33.9 Å². The van der Waals surface area contributed by atoms with Crippen molar-refractivity contribution >= 4 is 23.7 Å². The van der Waals surface area contributed by atoms with Crippen molar-refractivity contribution in [2.75, 3.05) is 32.4 Å². The van der Waals surface area contributed by atoms with Crippen molar-refractivity contribution < 1.29 is 9.53 Å². The minimum absolute atomic E-state index is 0.0471. The molecule has 2 rings (SSSR count). The fourth-order valence-corrected chi connectivity index (χ4v) is 4.36. The SMILES string of the molecule is CCC1CN(C(=NC)NCCCC(=O)OC2CCCC2)CCS1. The van der Waals surface area contributed by atoms with Crippen LogP contribution in [0.15, 0.2) is 4.99 Å². The maximum atomic E-state index is 11.8.